The number of hydrogen-bond acceptors (Lipinski definition) is 3. The van der Waals surface area contributed by atoms with E-state index in [0.717, 1.165) is 11.1 Å². The van der Waals surface area contributed by atoms with Crippen LogP contribution in [-0.4, -0.2) is 18.0 Å². The van der Waals surface area contributed by atoms with Crippen LogP contribution >= 0.6 is 0 Å². The summed E-state index contributed by atoms with van der Waals surface area (Å²) in [6.45, 7) is 0. The number of aromatic nitrogens is 1. The number of methoxy groups -OCH3 is 1. The fourth-order valence-electron chi connectivity index (χ4n) is 1.82. The van der Waals surface area contributed by atoms with Crippen LogP contribution < -0.4 is 10.5 Å². The van der Waals surface area contributed by atoms with Gasteiger partial charge < -0.3 is 10.5 Å². The molecule has 2 aromatic rings. The maximum atomic E-state index is 13.1. The average molecular weight is 260 g/mol. The van der Waals surface area contributed by atoms with Crippen molar-refractivity contribution in [3.05, 3.63) is 48.0 Å². The zero-order valence-corrected chi connectivity index (χ0v) is 10.4. The summed E-state index contributed by atoms with van der Waals surface area (Å²) < 4.78 is 18.3. The molecule has 0 fully saturated rings. The van der Waals surface area contributed by atoms with Crippen LogP contribution in [0.4, 0.5) is 4.39 Å². The van der Waals surface area contributed by atoms with Crippen LogP contribution in [0.2, 0.25) is 0 Å². The molecule has 0 saturated heterocycles. The van der Waals surface area contributed by atoms with Crippen LogP contribution in [0.5, 0.6) is 5.75 Å². The smallest absolute Gasteiger partial charge is 0.223 e. The van der Waals surface area contributed by atoms with Crippen LogP contribution in [0.1, 0.15) is 5.69 Å². The highest BCUT2D eigenvalue weighted by Gasteiger charge is 2.09. The van der Waals surface area contributed by atoms with Crippen molar-refractivity contribution in [2.45, 2.75) is 6.42 Å². The third-order valence-corrected chi connectivity index (χ3v) is 2.65. The molecule has 98 valence electrons. The van der Waals surface area contributed by atoms with E-state index in [-0.39, 0.29) is 12.2 Å². The molecular weight excluding hydrogens is 247 g/mol. The van der Waals surface area contributed by atoms with Gasteiger partial charge >= 0.3 is 0 Å². The number of nitrogens with two attached hydrogens (primary N) is 1. The summed E-state index contributed by atoms with van der Waals surface area (Å²) >= 11 is 0. The monoisotopic (exact) mass is 260 g/mol. The highest BCUT2D eigenvalue weighted by atomic mass is 19.1. The molecular formula is C14H13FN2O2. The molecule has 2 N–H and O–H groups in total. The van der Waals surface area contributed by atoms with E-state index in [1.54, 1.807) is 24.4 Å². The minimum Gasteiger partial charge on any atom is -0.496 e. The van der Waals surface area contributed by atoms with Crippen LogP contribution in [0, 0.1) is 5.82 Å². The number of nitrogens with zero attached hydrogens (tertiary/aromatic N) is 1. The van der Waals surface area contributed by atoms with E-state index in [4.69, 9.17) is 10.5 Å². The highest BCUT2D eigenvalue weighted by Crippen LogP contribution is 2.30. The summed E-state index contributed by atoms with van der Waals surface area (Å²) in [5.74, 6) is -0.390. The van der Waals surface area contributed by atoms with Gasteiger partial charge in [0.25, 0.3) is 0 Å². The van der Waals surface area contributed by atoms with Gasteiger partial charge in [-0.25, -0.2) is 4.39 Å². The van der Waals surface area contributed by atoms with Gasteiger partial charge in [0.15, 0.2) is 0 Å². The van der Waals surface area contributed by atoms with Gasteiger partial charge in [0.05, 0.1) is 19.2 Å². The number of hydrogen-bond donors (Lipinski definition) is 1. The van der Waals surface area contributed by atoms with E-state index in [2.05, 4.69) is 4.98 Å². The summed E-state index contributed by atoms with van der Waals surface area (Å²) in [6, 6.07) is 7.79. The Morgan fingerprint density at radius 1 is 1.37 bits per heavy atom. The first kappa shape index (κ1) is 13.0. The van der Waals surface area contributed by atoms with Gasteiger partial charge in [-0.15, -0.1) is 0 Å². The Balaban J connectivity index is 2.44. The fourth-order valence-corrected chi connectivity index (χ4v) is 1.82. The molecule has 1 aromatic heterocycles. The Labute approximate surface area is 110 Å². The second-order valence-electron chi connectivity index (χ2n) is 4.02. The second-order valence-corrected chi connectivity index (χ2v) is 4.02. The van der Waals surface area contributed by atoms with Gasteiger partial charge in [0.2, 0.25) is 5.91 Å². The zero-order chi connectivity index (χ0) is 13.8. The van der Waals surface area contributed by atoms with Crippen molar-refractivity contribution >= 4 is 5.91 Å². The Kier molecular flexibility index (Phi) is 3.75. The molecule has 4 nitrogen and oxygen atoms in total. The van der Waals surface area contributed by atoms with Crippen LogP contribution in [0.3, 0.4) is 0 Å². The summed E-state index contributed by atoms with van der Waals surface area (Å²) in [5, 5.41) is 0. The van der Waals surface area contributed by atoms with E-state index >= 15 is 0 Å². The number of carbonyl (C=O) groups is 1. The van der Waals surface area contributed by atoms with E-state index in [1.807, 2.05) is 0 Å². The number of halogens is 1. The van der Waals surface area contributed by atoms with Crippen molar-refractivity contribution < 1.29 is 13.9 Å². The van der Waals surface area contributed by atoms with Crippen molar-refractivity contribution in [1.82, 2.24) is 4.98 Å². The second kappa shape index (κ2) is 5.48. The Hall–Kier alpha value is -2.43. The third kappa shape index (κ3) is 3.07. The van der Waals surface area contributed by atoms with Crippen molar-refractivity contribution in [2.75, 3.05) is 7.11 Å². The van der Waals surface area contributed by atoms with Crippen LogP contribution in [-0.2, 0) is 11.2 Å². The third-order valence-electron chi connectivity index (χ3n) is 2.65. The maximum absolute atomic E-state index is 13.1. The molecule has 0 saturated carbocycles. The lowest BCUT2D eigenvalue weighted by atomic mass is 10.0. The van der Waals surface area contributed by atoms with Crippen molar-refractivity contribution in [1.29, 1.82) is 0 Å². The molecule has 2 rings (SSSR count). The lowest BCUT2D eigenvalue weighted by molar-refractivity contribution is -0.117. The van der Waals surface area contributed by atoms with Crippen molar-refractivity contribution in [3.8, 4) is 16.9 Å². The van der Waals surface area contributed by atoms with Crippen LogP contribution in [0.15, 0.2) is 36.5 Å². The molecule has 0 atom stereocenters. The molecule has 0 radical (unpaired) electrons. The van der Waals surface area contributed by atoms with Gasteiger partial charge in [0, 0.05) is 17.8 Å². The topological polar surface area (TPSA) is 65.2 Å². The number of amides is 1. The first-order valence-electron chi connectivity index (χ1n) is 5.67. The average Bonchev–Trinajstić information content (AvgIpc) is 2.38. The Morgan fingerprint density at radius 2 is 2.16 bits per heavy atom. The lowest BCUT2D eigenvalue weighted by Gasteiger charge is -2.09. The molecule has 1 aromatic carbocycles. The first-order chi connectivity index (χ1) is 9.10. The zero-order valence-electron chi connectivity index (χ0n) is 10.4. The largest absolute Gasteiger partial charge is 0.496 e. The molecule has 1 amide bonds. The predicted octanol–water partition coefficient (Wildman–Crippen LogP) is 1.92. The van der Waals surface area contributed by atoms with Gasteiger partial charge in [-0.3, -0.25) is 9.78 Å². The van der Waals surface area contributed by atoms with Gasteiger partial charge in [0.1, 0.15) is 11.6 Å². The summed E-state index contributed by atoms with van der Waals surface area (Å²) in [5.41, 5.74) is 7.23. The molecule has 19 heavy (non-hydrogen) atoms. The van der Waals surface area contributed by atoms with Crippen molar-refractivity contribution in [2.24, 2.45) is 5.73 Å². The van der Waals surface area contributed by atoms with Crippen LogP contribution in [0.25, 0.3) is 11.1 Å². The molecule has 0 aliphatic carbocycles. The number of carbonyl (C=O) groups excluding carboxylic acids is 1. The summed E-state index contributed by atoms with van der Waals surface area (Å²) in [7, 11) is 1.48. The SMILES string of the molecule is COc1cc(F)ccc1-c1ccnc(CC(N)=O)c1. The number of ether oxygens (including phenoxy) is 1. The number of benzene rings is 1. The van der Waals surface area contributed by atoms with E-state index < -0.39 is 5.91 Å². The number of primary amides is 1. The standard InChI is InChI=1S/C14H13FN2O2/c1-19-13-7-10(15)2-3-12(13)9-4-5-17-11(6-9)8-14(16)18/h2-7H,8H2,1H3,(H2,16,18). The summed E-state index contributed by atoms with van der Waals surface area (Å²) in [6.07, 6.45) is 1.65. The maximum Gasteiger partial charge on any atom is 0.223 e. The first-order valence-corrected chi connectivity index (χ1v) is 5.67. The fraction of sp³-hybridized carbons (Fsp3) is 0.143. The van der Waals surface area contributed by atoms with Gasteiger partial charge in [-0.1, -0.05) is 0 Å². The molecule has 0 spiro atoms. The highest BCUT2D eigenvalue weighted by molar-refractivity contribution is 5.77. The molecule has 5 heteroatoms. The quantitative estimate of drug-likeness (QED) is 0.913. The minimum atomic E-state index is -0.448. The van der Waals surface area contributed by atoms with E-state index in [0.29, 0.717) is 11.4 Å². The Morgan fingerprint density at radius 3 is 2.84 bits per heavy atom. The minimum absolute atomic E-state index is 0.0668. The number of rotatable bonds is 4. The normalized spacial score (nSPS) is 10.2. The number of pyridine rings is 1. The summed E-state index contributed by atoms with van der Waals surface area (Å²) in [4.78, 5) is 15.0. The Bertz CT molecular complexity index is 614. The predicted molar refractivity (Wildman–Crippen MR) is 69.1 cm³/mol. The van der Waals surface area contributed by atoms with E-state index in [9.17, 15) is 9.18 Å². The van der Waals surface area contributed by atoms with Crippen molar-refractivity contribution in [3.63, 3.8) is 0 Å². The molecule has 0 bridgehead atoms. The molecule has 0 aliphatic heterocycles. The van der Waals surface area contributed by atoms with Gasteiger partial charge in [-0.05, 0) is 29.8 Å². The molecule has 0 aliphatic rings. The molecule has 1 heterocycles. The van der Waals surface area contributed by atoms with E-state index in [1.165, 1.54) is 19.2 Å². The van der Waals surface area contributed by atoms with Gasteiger partial charge in [-0.2, -0.15) is 0 Å². The molecule has 0 unspecified atom stereocenters. The lowest BCUT2D eigenvalue weighted by Crippen LogP contribution is -2.14.